The van der Waals surface area contributed by atoms with E-state index >= 15 is 0 Å². The summed E-state index contributed by atoms with van der Waals surface area (Å²) in [6, 6.07) is 0. The zero-order valence-electron chi connectivity index (χ0n) is 3.85. The van der Waals surface area contributed by atoms with Crippen LogP contribution in [0.2, 0.25) is 0 Å². The number of carbonyl (C=O) groups is 1. The highest BCUT2D eigenvalue weighted by atomic mass is 32.1. The summed E-state index contributed by atoms with van der Waals surface area (Å²) < 4.78 is 0. The van der Waals surface area contributed by atoms with Crippen LogP contribution in [-0.4, -0.2) is 10.7 Å². The van der Waals surface area contributed by atoms with Gasteiger partial charge in [0.05, 0.1) is 5.54 Å². The SMILES string of the molecule is NC1(C(=O)S)CC1. The molecule has 0 saturated heterocycles. The molecule has 2 nitrogen and oxygen atoms in total. The molecule has 1 fully saturated rings. The lowest BCUT2D eigenvalue weighted by atomic mass is 10.3. The van der Waals surface area contributed by atoms with Crippen molar-refractivity contribution in [3.63, 3.8) is 0 Å². The second kappa shape index (κ2) is 1.23. The van der Waals surface area contributed by atoms with Gasteiger partial charge in [-0.15, -0.1) is 12.6 Å². The molecule has 0 atom stereocenters. The Balaban J connectivity index is 2.55. The van der Waals surface area contributed by atoms with E-state index in [2.05, 4.69) is 12.6 Å². The number of hydrogen-bond acceptors (Lipinski definition) is 2. The third-order valence-electron chi connectivity index (χ3n) is 1.21. The van der Waals surface area contributed by atoms with Gasteiger partial charge in [-0.25, -0.2) is 0 Å². The highest BCUT2D eigenvalue weighted by molar-refractivity contribution is 7.96. The van der Waals surface area contributed by atoms with Crippen LogP contribution in [0.4, 0.5) is 0 Å². The first-order valence-electron chi connectivity index (χ1n) is 2.17. The van der Waals surface area contributed by atoms with Gasteiger partial charge in [0, 0.05) is 0 Å². The van der Waals surface area contributed by atoms with Crippen molar-refractivity contribution in [1.82, 2.24) is 0 Å². The summed E-state index contributed by atoms with van der Waals surface area (Å²) >= 11 is 3.58. The normalized spacial score (nSPS) is 24.3. The van der Waals surface area contributed by atoms with Crippen molar-refractivity contribution in [2.45, 2.75) is 18.4 Å². The molecule has 1 aliphatic rings. The maximum absolute atomic E-state index is 10.3. The molecular weight excluding hydrogens is 110 g/mol. The van der Waals surface area contributed by atoms with E-state index in [0.717, 1.165) is 12.8 Å². The van der Waals surface area contributed by atoms with Crippen molar-refractivity contribution in [3.05, 3.63) is 0 Å². The van der Waals surface area contributed by atoms with Gasteiger partial charge < -0.3 is 5.73 Å². The minimum absolute atomic E-state index is 0.174. The number of hydrogen-bond donors (Lipinski definition) is 2. The molecule has 0 aromatic carbocycles. The molecule has 0 bridgehead atoms. The summed E-state index contributed by atoms with van der Waals surface area (Å²) in [6.45, 7) is 0. The van der Waals surface area contributed by atoms with E-state index in [1.54, 1.807) is 0 Å². The summed E-state index contributed by atoms with van der Waals surface area (Å²) in [5, 5.41) is -0.174. The van der Waals surface area contributed by atoms with Gasteiger partial charge in [0.2, 0.25) is 5.12 Å². The van der Waals surface area contributed by atoms with Crippen molar-refractivity contribution in [2.75, 3.05) is 0 Å². The lowest BCUT2D eigenvalue weighted by Gasteiger charge is -1.96. The van der Waals surface area contributed by atoms with Crippen LogP contribution in [-0.2, 0) is 4.79 Å². The number of nitrogens with two attached hydrogens (primary N) is 1. The predicted molar refractivity (Wildman–Crippen MR) is 30.1 cm³/mol. The van der Waals surface area contributed by atoms with Crippen LogP contribution in [0.15, 0.2) is 0 Å². The van der Waals surface area contributed by atoms with Crippen molar-refractivity contribution in [3.8, 4) is 0 Å². The summed E-state index contributed by atoms with van der Waals surface area (Å²) in [5.74, 6) is 0. The Hall–Kier alpha value is -0.0200. The monoisotopic (exact) mass is 117 g/mol. The maximum Gasteiger partial charge on any atom is 0.205 e. The fraction of sp³-hybridized carbons (Fsp3) is 0.750. The Morgan fingerprint density at radius 1 is 1.71 bits per heavy atom. The Morgan fingerprint density at radius 3 is 2.14 bits per heavy atom. The molecule has 0 spiro atoms. The van der Waals surface area contributed by atoms with Crippen LogP contribution < -0.4 is 5.73 Å². The largest absolute Gasteiger partial charge is 0.318 e. The number of rotatable bonds is 1. The average Bonchev–Trinajstić information content (AvgIpc) is 2.21. The molecule has 7 heavy (non-hydrogen) atoms. The first kappa shape index (κ1) is 5.12. The summed E-state index contributed by atoms with van der Waals surface area (Å²) in [6.07, 6.45) is 1.63. The standard InChI is InChI=1S/C4H7NOS/c5-4(1-2-4)3(6)7/h1-2,5H2,(H,6,7). The molecule has 1 aliphatic carbocycles. The first-order valence-corrected chi connectivity index (χ1v) is 2.62. The van der Waals surface area contributed by atoms with Gasteiger partial charge in [0.1, 0.15) is 0 Å². The van der Waals surface area contributed by atoms with Gasteiger partial charge in [0.25, 0.3) is 0 Å². The van der Waals surface area contributed by atoms with Crippen LogP contribution in [0.3, 0.4) is 0 Å². The predicted octanol–water partition coefficient (Wildman–Crippen LogP) is -0.0659. The van der Waals surface area contributed by atoms with Crippen LogP contribution in [0.1, 0.15) is 12.8 Å². The third kappa shape index (κ3) is 0.786. The molecule has 0 heterocycles. The molecule has 0 aromatic heterocycles. The van der Waals surface area contributed by atoms with E-state index in [1.165, 1.54) is 0 Å². The second-order valence-corrected chi connectivity index (χ2v) is 2.37. The van der Waals surface area contributed by atoms with Gasteiger partial charge in [-0.05, 0) is 12.8 Å². The Morgan fingerprint density at radius 2 is 2.14 bits per heavy atom. The lowest BCUT2D eigenvalue weighted by Crippen LogP contribution is -2.28. The molecule has 1 saturated carbocycles. The van der Waals surface area contributed by atoms with Crippen molar-refractivity contribution in [2.24, 2.45) is 5.73 Å². The molecule has 2 N–H and O–H groups in total. The minimum Gasteiger partial charge on any atom is -0.318 e. The minimum atomic E-state index is -0.525. The van der Waals surface area contributed by atoms with E-state index in [1.807, 2.05) is 0 Å². The Bertz CT molecular complexity index is 108. The lowest BCUT2D eigenvalue weighted by molar-refractivity contribution is -0.112. The molecule has 40 valence electrons. The van der Waals surface area contributed by atoms with Crippen molar-refractivity contribution in [1.29, 1.82) is 0 Å². The Labute approximate surface area is 47.5 Å². The molecule has 0 radical (unpaired) electrons. The molecule has 0 unspecified atom stereocenters. The quantitative estimate of drug-likeness (QED) is 0.472. The molecule has 1 rings (SSSR count). The summed E-state index contributed by atoms with van der Waals surface area (Å²) in [7, 11) is 0. The third-order valence-corrected chi connectivity index (χ3v) is 1.66. The van der Waals surface area contributed by atoms with Crippen LogP contribution >= 0.6 is 12.6 Å². The maximum atomic E-state index is 10.3. The Kier molecular flexibility index (Phi) is 0.900. The van der Waals surface area contributed by atoms with E-state index in [0.29, 0.717) is 0 Å². The molecular formula is C4H7NOS. The van der Waals surface area contributed by atoms with Gasteiger partial charge >= 0.3 is 0 Å². The van der Waals surface area contributed by atoms with E-state index in [4.69, 9.17) is 5.73 Å². The first-order chi connectivity index (χ1) is 3.15. The smallest absolute Gasteiger partial charge is 0.205 e. The van der Waals surface area contributed by atoms with Crippen molar-refractivity contribution >= 4 is 17.7 Å². The van der Waals surface area contributed by atoms with Gasteiger partial charge in [-0.1, -0.05) is 0 Å². The van der Waals surface area contributed by atoms with Gasteiger partial charge in [-0.3, -0.25) is 4.79 Å². The van der Waals surface area contributed by atoms with E-state index in [-0.39, 0.29) is 5.12 Å². The second-order valence-electron chi connectivity index (χ2n) is 1.96. The van der Waals surface area contributed by atoms with Crippen LogP contribution in [0.25, 0.3) is 0 Å². The average molecular weight is 117 g/mol. The fourth-order valence-corrected chi connectivity index (χ4v) is 0.572. The molecule has 0 amide bonds. The van der Waals surface area contributed by atoms with Crippen LogP contribution in [0.5, 0.6) is 0 Å². The number of thiol groups is 1. The topological polar surface area (TPSA) is 43.1 Å². The van der Waals surface area contributed by atoms with Crippen LogP contribution in [0, 0.1) is 0 Å². The van der Waals surface area contributed by atoms with E-state index in [9.17, 15) is 4.79 Å². The molecule has 3 heteroatoms. The highest BCUT2D eigenvalue weighted by Gasteiger charge is 2.43. The van der Waals surface area contributed by atoms with Gasteiger partial charge in [0.15, 0.2) is 0 Å². The summed E-state index contributed by atoms with van der Waals surface area (Å²) in [5.41, 5.74) is 4.84. The zero-order chi connectivity index (χ0) is 5.49. The highest BCUT2D eigenvalue weighted by Crippen LogP contribution is 2.33. The number of carbonyl (C=O) groups excluding carboxylic acids is 1. The molecule has 0 aliphatic heterocycles. The van der Waals surface area contributed by atoms with Gasteiger partial charge in [-0.2, -0.15) is 0 Å². The fourth-order valence-electron chi connectivity index (χ4n) is 0.349. The van der Waals surface area contributed by atoms with Crippen molar-refractivity contribution < 1.29 is 4.79 Å². The molecule has 0 aromatic rings. The van der Waals surface area contributed by atoms with E-state index < -0.39 is 5.54 Å². The zero-order valence-corrected chi connectivity index (χ0v) is 4.74. The summed E-state index contributed by atoms with van der Waals surface area (Å²) in [4.78, 5) is 10.3.